The van der Waals surface area contributed by atoms with Crippen LogP contribution in [0.5, 0.6) is 11.5 Å². The van der Waals surface area contributed by atoms with Crippen molar-refractivity contribution in [3.63, 3.8) is 0 Å². The maximum Gasteiger partial charge on any atom is 0.237 e. The Bertz CT molecular complexity index is 614. The number of likely N-dealkylation sites (tertiary alicyclic amines) is 1. The molecule has 6 nitrogen and oxygen atoms in total. The van der Waals surface area contributed by atoms with Gasteiger partial charge in [-0.1, -0.05) is 0 Å². The van der Waals surface area contributed by atoms with Crippen molar-refractivity contribution in [2.75, 3.05) is 46.9 Å². The summed E-state index contributed by atoms with van der Waals surface area (Å²) >= 11 is 0. The van der Waals surface area contributed by atoms with Crippen molar-refractivity contribution in [2.45, 2.75) is 31.8 Å². The second kappa shape index (κ2) is 9.44. The largest absolute Gasteiger partial charge is 0.497 e. The smallest absolute Gasteiger partial charge is 0.237 e. The van der Waals surface area contributed by atoms with Crippen LogP contribution in [0.4, 0.5) is 0 Å². The lowest BCUT2D eigenvalue weighted by Crippen LogP contribution is -2.53. The van der Waals surface area contributed by atoms with Crippen molar-refractivity contribution >= 4 is 18.3 Å². The molecule has 146 valence electrons. The third kappa shape index (κ3) is 4.42. The maximum absolute atomic E-state index is 13.0. The first kappa shape index (κ1) is 20.8. The fourth-order valence-corrected chi connectivity index (χ4v) is 3.87. The number of benzene rings is 1. The highest BCUT2D eigenvalue weighted by Crippen LogP contribution is 2.39. The van der Waals surface area contributed by atoms with Gasteiger partial charge in [-0.05, 0) is 38.0 Å². The van der Waals surface area contributed by atoms with Gasteiger partial charge in [0.2, 0.25) is 5.91 Å². The van der Waals surface area contributed by atoms with E-state index in [1.54, 1.807) is 14.2 Å². The number of carbonyl (C=O) groups excluding carboxylic acids is 1. The first-order valence-corrected chi connectivity index (χ1v) is 9.10. The summed E-state index contributed by atoms with van der Waals surface area (Å²) in [6.45, 7) is 6.29. The predicted molar refractivity (Wildman–Crippen MR) is 104 cm³/mol. The average Bonchev–Trinajstić information content (AvgIpc) is 3.12. The molecule has 1 amide bonds. The Hall–Kier alpha value is -1.50. The van der Waals surface area contributed by atoms with Gasteiger partial charge in [0.25, 0.3) is 0 Å². The molecule has 0 bridgehead atoms. The zero-order chi connectivity index (χ0) is 17.8. The van der Waals surface area contributed by atoms with Crippen LogP contribution >= 0.6 is 12.4 Å². The fraction of sp³-hybridized carbons (Fsp3) is 0.632. The van der Waals surface area contributed by atoms with Gasteiger partial charge < -0.3 is 19.7 Å². The molecule has 1 N–H and O–H groups in total. The van der Waals surface area contributed by atoms with Gasteiger partial charge in [0, 0.05) is 37.8 Å². The quantitative estimate of drug-likeness (QED) is 0.843. The van der Waals surface area contributed by atoms with Crippen LogP contribution in [0, 0.1) is 0 Å². The molecule has 2 fully saturated rings. The summed E-state index contributed by atoms with van der Waals surface area (Å²) in [5.74, 6) is 1.83. The maximum atomic E-state index is 13.0. The number of halogens is 1. The summed E-state index contributed by atoms with van der Waals surface area (Å²) in [7, 11) is 3.34. The molecule has 0 saturated carbocycles. The Morgan fingerprint density at radius 2 is 2.08 bits per heavy atom. The molecular weight excluding hydrogens is 354 g/mol. The Morgan fingerprint density at radius 1 is 1.27 bits per heavy atom. The summed E-state index contributed by atoms with van der Waals surface area (Å²) in [6.07, 6.45) is 1.99. The molecule has 2 aliphatic rings. The summed E-state index contributed by atoms with van der Waals surface area (Å²) in [5, 5.41) is 3.37. The molecule has 26 heavy (non-hydrogen) atoms. The van der Waals surface area contributed by atoms with Gasteiger partial charge >= 0.3 is 0 Å². The molecular formula is C19H30ClN3O3. The lowest BCUT2D eigenvalue weighted by atomic mass is 10.0. The Kier molecular flexibility index (Phi) is 7.55. The predicted octanol–water partition coefficient (Wildman–Crippen LogP) is 2.08. The molecule has 3 rings (SSSR count). The van der Waals surface area contributed by atoms with E-state index in [9.17, 15) is 4.79 Å². The Balaban J connectivity index is 0.00000243. The second-order valence-corrected chi connectivity index (χ2v) is 6.88. The molecule has 1 aromatic carbocycles. The van der Waals surface area contributed by atoms with E-state index in [4.69, 9.17) is 9.47 Å². The molecule has 2 heterocycles. The summed E-state index contributed by atoms with van der Waals surface area (Å²) in [4.78, 5) is 17.3. The molecule has 0 radical (unpaired) electrons. The number of ether oxygens (including phenoxy) is 2. The zero-order valence-electron chi connectivity index (χ0n) is 15.9. The first-order chi connectivity index (χ1) is 12.1. The number of hydrogen-bond acceptors (Lipinski definition) is 5. The highest BCUT2D eigenvalue weighted by Gasteiger charge is 2.33. The van der Waals surface area contributed by atoms with Crippen LogP contribution in [0.2, 0.25) is 0 Å². The monoisotopic (exact) mass is 383 g/mol. The van der Waals surface area contributed by atoms with Crippen molar-refractivity contribution in [1.29, 1.82) is 0 Å². The number of nitrogens with one attached hydrogen (secondary N) is 1. The fourth-order valence-electron chi connectivity index (χ4n) is 3.87. The number of rotatable bonds is 5. The Morgan fingerprint density at radius 3 is 2.77 bits per heavy atom. The van der Waals surface area contributed by atoms with Gasteiger partial charge in [-0.3, -0.25) is 9.69 Å². The van der Waals surface area contributed by atoms with Crippen LogP contribution in [0.15, 0.2) is 18.2 Å². The molecule has 0 aliphatic carbocycles. The summed E-state index contributed by atoms with van der Waals surface area (Å²) < 4.78 is 10.9. The van der Waals surface area contributed by atoms with Crippen LogP contribution < -0.4 is 14.8 Å². The van der Waals surface area contributed by atoms with Gasteiger partial charge in [0.05, 0.1) is 26.8 Å². The van der Waals surface area contributed by atoms with E-state index >= 15 is 0 Å². The minimum Gasteiger partial charge on any atom is -0.497 e. The van der Waals surface area contributed by atoms with Crippen molar-refractivity contribution in [3.05, 3.63) is 23.8 Å². The highest BCUT2D eigenvalue weighted by molar-refractivity contribution is 5.85. The number of hydrogen-bond donors (Lipinski definition) is 1. The van der Waals surface area contributed by atoms with E-state index in [2.05, 4.69) is 17.1 Å². The van der Waals surface area contributed by atoms with Gasteiger partial charge in [0.15, 0.2) is 0 Å². The zero-order valence-corrected chi connectivity index (χ0v) is 16.7. The van der Waals surface area contributed by atoms with Gasteiger partial charge in [0.1, 0.15) is 11.5 Å². The van der Waals surface area contributed by atoms with E-state index in [1.807, 2.05) is 23.1 Å². The van der Waals surface area contributed by atoms with Crippen LogP contribution in [0.3, 0.4) is 0 Å². The van der Waals surface area contributed by atoms with Crippen molar-refractivity contribution in [3.8, 4) is 11.5 Å². The van der Waals surface area contributed by atoms with Crippen molar-refractivity contribution < 1.29 is 14.3 Å². The first-order valence-electron chi connectivity index (χ1n) is 9.10. The molecule has 0 spiro atoms. The van der Waals surface area contributed by atoms with Crippen LogP contribution in [-0.4, -0.2) is 68.7 Å². The third-order valence-corrected chi connectivity index (χ3v) is 5.35. The average molecular weight is 384 g/mol. The Labute approximate surface area is 162 Å². The standard InChI is InChI=1S/C19H29N3O3.ClH/c1-14-12-20-8-10-21(14)13-19(23)22-9-4-5-17(22)16-11-15(24-2)6-7-18(16)25-3;/h6-7,11,14,17,20H,4-5,8-10,12-13H2,1-3H3;1H/t14-,17?;/m0./s1. The van der Waals surface area contributed by atoms with Crippen molar-refractivity contribution in [1.82, 2.24) is 15.1 Å². The number of methoxy groups -OCH3 is 2. The number of carbonyl (C=O) groups is 1. The number of piperazine rings is 1. The van der Waals surface area contributed by atoms with Gasteiger partial charge in [-0.2, -0.15) is 0 Å². The van der Waals surface area contributed by atoms with Crippen LogP contribution in [0.1, 0.15) is 31.4 Å². The summed E-state index contributed by atoms with van der Waals surface area (Å²) in [6, 6.07) is 6.28. The number of amides is 1. The number of nitrogens with zero attached hydrogens (tertiary/aromatic N) is 2. The van der Waals surface area contributed by atoms with E-state index in [1.165, 1.54) is 0 Å². The van der Waals surface area contributed by atoms with E-state index < -0.39 is 0 Å². The van der Waals surface area contributed by atoms with Crippen LogP contribution in [-0.2, 0) is 4.79 Å². The van der Waals surface area contributed by atoms with Gasteiger partial charge in [-0.15, -0.1) is 12.4 Å². The SMILES string of the molecule is COc1ccc(OC)c(C2CCCN2C(=O)CN2CCNC[C@@H]2C)c1.Cl. The topological polar surface area (TPSA) is 54.0 Å². The molecule has 2 atom stereocenters. The molecule has 0 aromatic heterocycles. The molecule has 1 unspecified atom stereocenters. The summed E-state index contributed by atoms with van der Waals surface area (Å²) in [5.41, 5.74) is 1.04. The minimum atomic E-state index is 0. The van der Waals surface area contributed by atoms with Gasteiger partial charge in [-0.25, -0.2) is 0 Å². The minimum absolute atomic E-state index is 0. The lowest BCUT2D eigenvalue weighted by Gasteiger charge is -2.35. The second-order valence-electron chi connectivity index (χ2n) is 6.88. The third-order valence-electron chi connectivity index (χ3n) is 5.35. The van der Waals surface area contributed by atoms with E-state index in [-0.39, 0.29) is 24.4 Å². The molecule has 1 aromatic rings. The normalized spacial score (nSPS) is 23.4. The molecule has 2 saturated heterocycles. The molecule has 2 aliphatic heterocycles. The van der Waals surface area contributed by atoms with E-state index in [0.29, 0.717) is 12.6 Å². The van der Waals surface area contributed by atoms with Crippen LogP contribution in [0.25, 0.3) is 0 Å². The molecule has 7 heteroatoms. The highest BCUT2D eigenvalue weighted by atomic mass is 35.5. The van der Waals surface area contributed by atoms with E-state index in [0.717, 1.165) is 56.1 Å². The lowest BCUT2D eigenvalue weighted by molar-refractivity contribution is -0.134. The van der Waals surface area contributed by atoms with Crippen molar-refractivity contribution in [2.24, 2.45) is 0 Å².